The Bertz CT molecular complexity index is 3010. The molecule has 4 aliphatic heterocycles. The summed E-state index contributed by atoms with van der Waals surface area (Å²) in [5, 5.41) is 0. The van der Waals surface area contributed by atoms with E-state index in [0.717, 1.165) is 33.4 Å². The van der Waals surface area contributed by atoms with E-state index in [4.69, 9.17) is 28.4 Å². The number of para-hydroxylation sites is 2. The summed E-state index contributed by atoms with van der Waals surface area (Å²) in [6.07, 6.45) is 8.06. The first-order valence-electron chi connectivity index (χ1n) is 23.3. The summed E-state index contributed by atoms with van der Waals surface area (Å²) in [6, 6.07) is 36.6. The lowest BCUT2D eigenvalue weighted by molar-refractivity contribution is -0.185. The number of aryl methyl sites for hydroxylation is 4. The Labute approximate surface area is 411 Å². The summed E-state index contributed by atoms with van der Waals surface area (Å²) in [5.41, 5.74) is 8.00. The van der Waals surface area contributed by atoms with Gasteiger partial charge in [0.2, 0.25) is 0 Å². The summed E-state index contributed by atoms with van der Waals surface area (Å²) in [4.78, 5) is 0.509. The molecule has 0 aliphatic carbocycles. The number of sulfonamides is 2. The van der Waals surface area contributed by atoms with Crippen LogP contribution in [0.15, 0.2) is 143 Å². The highest BCUT2D eigenvalue weighted by atomic mass is 32.2. The van der Waals surface area contributed by atoms with Crippen molar-refractivity contribution in [3.63, 3.8) is 0 Å². The summed E-state index contributed by atoms with van der Waals surface area (Å²) >= 11 is 0. The van der Waals surface area contributed by atoms with Crippen LogP contribution in [0.5, 0.6) is 23.0 Å². The molecule has 4 aliphatic rings. The minimum absolute atomic E-state index is 0.255. The monoisotopic (exact) mass is 982 g/mol. The normalized spacial score (nSPS) is 21.5. The largest absolute Gasteiger partial charge is 0.493 e. The molecule has 0 fully saturated rings. The summed E-state index contributed by atoms with van der Waals surface area (Å²) in [6.45, 7) is 12.3. The van der Waals surface area contributed by atoms with Crippen LogP contribution in [0.3, 0.4) is 0 Å². The molecular formula is C56H58N2O10S2. The first kappa shape index (κ1) is 48.4. The van der Waals surface area contributed by atoms with Gasteiger partial charge in [-0.15, -0.1) is 0 Å². The second kappa shape index (κ2) is 19.0. The molecule has 6 aromatic rings. The van der Waals surface area contributed by atoms with Crippen LogP contribution in [0, 0.1) is 27.7 Å². The zero-order valence-corrected chi connectivity index (χ0v) is 42.3. The fourth-order valence-corrected chi connectivity index (χ4v) is 12.2. The Kier molecular flexibility index (Phi) is 13.1. The van der Waals surface area contributed by atoms with E-state index >= 15 is 0 Å². The molecule has 0 radical (unpaired) electrons. The van der Waals surface area contributed by atoms with Crippen molar-refractivity contribution in [2.75, 3.05) is 35.9 Å². The first-order chi connectivity index (χ1) is 33.5. The summed E-state index contributed by atoms with van der Waals surface area (Å²) in [5.74, 6) is -0.338. The highest BCUT2D eigenvalue weighted by Gasteiger charge is 2.46. The van der Waals surface area contributed by atoms with Gasteiger partial charge >= 0.3 is 0 Å². The Morgan fingerprint density at radius 1 is 0.514 bits per heavy atom. The van der Waals surface area contributed by atoms with E-state index in [-0.39, 0.29) is 35.1 Å². The van der Waals surface area contributed by atoms with E-state index in [2.05, 4.69) is 0 Å². The Hall–Kier alpha value is -6.58. The summed E-state index contributed by atoms with van der Waals surface area (Å²) in [7, 11) is -4.45. The van der Waals surface area contributed by atoms with Gasteiger partial charge in [0.1, 0.15) is 0 Å². The molecule has 0 saturated heterocycles. The highest BCUT2D eigenvalue weighted by Crippen LogP contribution is 2.50. The average molecular weight is 983 g/mol. The van der Waals surface area contributed by atoms with Crippen LogP contribution in [0.2, 0.25) is 0 Å². The predicted molar refractivity (Wildman–Crippen MR) is 273 cm³/mol. The number of rotatable bonds is 6. The molecule has 0 N–H and O–H groups in total. The maximum atomic E-state index is 13.9. The number of hydrogen-bond acceptors (Lipinski definition) is 10. The molecule has 2 spiro atoms. The molecule has 70 heavy (non-hydrogen) atoms. The van der Waals surface area contributed by atoms with E-state index in [0.29, 0.717) is 58.3 Å². The number of ether oxygens (including phenoxy) is 6. The summed E-state index contributed by atoms with van der Waals surface area (Å²) < 4.78 is 96.0. The molecule has 364 valence electrons. The SMILES string of the molecule is COc1cccc2c1O[C@]1(C=C2)O[C@@H](C)CCN(S(=O)(=O)c2ccc(C)cc2)c2ccc(C)cc21.COc1cccc2c1O[C@]1(C=C2)O[C@@H](C)CCN(S(=O)(=O)c2ccc(C)cc2)c2ccc(C)cc21. The van der Waals surface area contributed by atoms with Gasteiger partial charge < -0.3 is 28.4 Å². The molecule has 0 saturated carbocycles. The molecule has 4 atom stereocenters. The number of hydrogen-bond donors (Lipinski definition) is 0. The molecule has 0 aromatic heterocycles. The van der Waals surface area contributed by atoms with Crippen molar-refractivity contribution in [2.24, 2.45) is 0 Å². The van der Waals surface area contributed by atoms with Crippen molar-refractivity contribution in [3.8, 4) is 23.0 Å². The van der Waals surface area contributed by atoms with E-state index in [1.165, 1.54) is 8.61 Å². The van der Waals surface area contributed by atoms with Crippen molar-refractivity contribution < 1.29 is 45.3 Å². The van der Waals surface area contributed by atoms with E-state index < -0.39 is 31.6 Å². The molecule has 4 heterocycles. The Balaban J connectivity index is 0.000000174. The molecule has 10 rings (SSSR count). The molecule has 0 bridgehead atoms. The van der Waals surface area contributed by atoms with Gasteiger partial charge in [0, 0.05) is 24.2 Å². The highest BCUT2D eigenvalue weighted by molar-refractivity contribution is 7.93. The third-order valence-electron chi connectivity index (χ3n) is 13.0. The van der Waals surface area contributed by atoms with Gasteiger partial charge in [0.05, 0.1) is 58.7 Å². The lowest BCUT2D eigenvalue weighted by Gasteiger charge is -2.42. The van der Waals surface area contributed by atoms with Crippen molar-refractivity contribution in [1.29, 1.82) is 0 Å². The zero-order valence-electron chi connectivity index (χ0n) is 40.6. The predicted octanol–water partition coefficient (Wildman–Crippen LogP) is 11.1. The van der Waals surface area contributed by atoms with Gasteiger partial charge in [0.25, 0.3) is 31.6 Å². The third-order valence-corrected chi connectivity index (χ3v) is 16.6. The van der Waals surface area contributed by atoms with E-state index in [9.17, 15) is 16.8 Å². The molecule has 12 nitrogen and oxygen atoms in total. The second-order valence-electron chi connectivity index (χ2n) is 18.2. The maximum absolute atomic E-state index is 13.9. The number of anilines is 2. The van der Waals surface area contributed by atoms with Crippen LogP contribution in [0.4, 0.5) is 11.4 Å². The second-order valence-corrected chi connectivity index (χ2v) is 21.9. The minimum atomic E-state index is -3.82. The van der Waals surface area contributed by atoms with Gasteiger partial charge in [-0.1, -0.05) is 82.9 Å². The van der Waals surface area contributed by atoms with E-state index in [1.54, 1.807) is 38.5 Å². The van der Waals surface area contributed by atoms with Crippen molar-refractivity contribution in [2.45, 2.75) is 88.0 Å². The molecule has 0 unspecified atom stereocenters. The zero-order chi connectivity index (χ0) is 49.6. The average Bonchev–Trinajstić information content (AvgIpc) is 3.34. The van der Waals surface area contributed by atoms with Crippen LogP contribution in [0.1, 0.15) is 71.2 Å². The van der Waals surface area contributed by atoms with Crippen molar-refractivity contribution in [3.05, 3.63) is 178 Å². The van der Waals surface area contributed by atoms with Crippen LogP contribution < -0.4 is 27.6 Å². The smallest absolute Gasteiger partial charge is 0.264 e. The Morgan fingerprint density at radius 2 is 0.886 bits per heavy atom. The molecule has 14 heteroatoms. The first-order valence-corrected chi connectivity index (χ1v) is 26.2. The Morgan fingerprint density at radius 3 is 1.26 bits per heavy atom. The minimum Gasteiger partial charge on any atom is -0.493 e. The number of fused-ring (bicyclic) bond motifs is 6. The van der Waals surface area contributed by atoms with Gasteiger partial charge in [-0.3, -0.25) is 8.61 Å². The van der Waals surface area contributed by atoms with Gasteiger partial charge in [-0.25, -0.2) is 16.8 Å². The van der Waals surface area contributed by atoms with Crippen LogP contribution in [-0.2, 0) is 41.1 Å². The number of benzene rings is 6. The van der Waals surface area contributed by atoms with Crippen molar-refractivity contribution in [1.82, 2.24) is 0 Å². The lowest BCUT2D eigenvalue weighted by atomic mass is 9.95. The lowest BCUT2D eigenvalue weighted by Crippen LogP contribution is -2.45. The standard InChI is InChI=1S/2C28H29NO5S/c2*1-19-8-11-23(12-9-19)35(30,31)29-17-15-21(3)33-28(24-18-20(2)10-13-25(24)29)16-14-22-6-5-7-26(32-4)27(22)34-28/h2*5-14,16,18,21H,15,17H2,1-4H3/t2*21-,28-/m00/s1. The van der Waals surface area contributed by atoms with Crippen LogP contribution in [-0.4, -0.2) is 56.4 Å². The van der Waals surface area contributed by atoms with Crippen LogP contribution >= 0.6 is 0 Å². The maximum Gasteiger partial charge on any atom is 0.264 e. The number of nitrogens with zero attached hydrogens (tertiary/aromatic N) is 2. The van der Waals surface area contributed by atoms with Crippen molar-refractivity contribution >= 4 is 43.6 Å². The third kappa shape index (κ3) is 9.05. The van der Waals surface area contributed by atoms with E-state index in [1.807, 2.05) is 163 Å². The quantitative estimate of drug-likeness (QED) is 0.159. The fourth-order valence-electron chi connectivity index (χ4n) is 9.20. The van der Waals surface area contributed by atoms with Gasteiger partial charge in [0.15, 0.2) is 23.0 Å². The number of methoxy groups -OCH3 is 2. The molecular weight excluding hydrogens is 925 g/mol. The molecule has 0 amide bonds. The van der Waals surface area contributed by atoms with Crippen LogP contribution in [0.25, 0.3) is 12.2 Å². The molecule has 6 aromatic carbocycles. The fraction of sp³-hybridized carbons (Fsp3) is 0.286. The topological polar surface area (TPSA) is 130 Å². The van der Waals surface area contributed by atoms with Gasteiger partial charge in [-0.2, -0.15) is 0 Å². The van der Waals surface area contributed by atoms with Gasteiger partial charge in [-0.05, 0) is 139 Å².